The molecule has 1 N–H and O–H groups in total. The van der Waals surface area contributed by atoms with E-state index in [0.717, 1.165) is 0 Å². The van der Waals surface area contributed by atoms with E-state index in [0.29, 0.717) is 36.3 Å². The number of amides is 1. The number of nitrogens with zero attached hydrogens (tertiary/aromatic N) is 2. The number of hydrogen-bond donors (Lipinski definition) is 1. The van der Waals surface area contributed by atoms with Crippen molar-refractivity contribution in [2.24, 2.45) is 5.92 Å². The van der Waals surface area contributed by atoms with E-state index in [1.54, 1.807) is 12.3 Å². The second-order valence-electron chi connectivity index (χ2n) is 7.09. The summed E-state index contributed by atoms with van der Waals surface area (Å²) in [6.07, 6.45) is 6.40. The fourth-order valence-electron chi connectivity index (χ4n) is 4.61. The Morgan fingerprint density at radius 1 is 1.22 bits per heavy atom. The van der Waals surface area contributed by atoms with Crippen LogP contribution in [0.15, 0.2) is 12.3 Å². The van der Waals surface area contributed by atoms with E-state index in [-0.39, 0.29) is 17.5 Å². The van der Waals surface area contributed by atoms with Gasteiger partial charge < -0.3 is 14.8 Å². The minimum atomic E-state index is -0.0907. The number of rotatable bonds is 2. The lowest BCUT2D eigenvalue weighted by Crippen LogP contribution is -2.65. The summed E-state index contributed by atoms with van der Waals surface area (Å²) in [7, 11) is 0. The van der Waals surface area contributed by atoms with Gasteiger partial charge in [-0.1, -0.05) is 0 Å². The third-order valence-electron chi connectivity index (χ3n) is 5.93. The van der Waals surface area contributed by atoms with Gasteiger partial charge in [-0.15, -0.1) is 0 Å². The van der Waals surface area contributed by atoms with Crippen LogP contribution in [0.1, 0.15) is 36.2 Å². The molecule has 6 heteroatoms. The van der Waals surface area contributed by atoms with E-state index in [2.05, 4.69) is 15.2 Å². The van der Waals surface area contributed by atoms with E-state index in [4.69, 9.17) is 9.47 Å². The van der Waals surface area contributed by atoms with Crippen molar-refractivity contribution in [3.63, 3.8) is 0 Å². The molecule has 1 saturated carbocycles. The summed E-state index contributed by atoms with van der Waals surface area (Å²) in [5.74, 6) is 1.76. The van der Waals surface area contributed by atoms with E-state index < -0.39 is 0 Å². The highest BCUT2D eigenvalue weighted by molar-refractivity contribution is 5.93. The summed E-state index contributed by atoms with van der Waals surface area (Å²) in [5.41, 5.74) is 0.659. The Morgan fingerprint density at radius 3 is 2.70 bits per heavy atom. The summed E-state index contributed by atoms with van der Waals surface area (Å²) in [6.45, 7) is 3.43. The lowest BCUT2D eigenvalue weighted by molar-refractivity contribution is -0.00154. The first-order valence-electron chi connectivity index (χ1n) is 8.58. The zero-order valence-corrected chi connectivity index (χ0v) is 13.1. The van der Waals surface area contributed by atoms with Gasteiger partial charge in [0.25, 0.3) is 5.91 Å². The van der Waals surface area contributed by atoms with Crippen LogP contribution in [0.5, 0.6) is 11.5 Å². The molecule has 1 unspecified atom stereocenters. The zero-order valence-electron chi connectivity index (χ0n) is 13.1. The highest BCUT2D eigenvalue weighted by Crippen LogP contribution is 2.53. The van der Waals surface area contributed by atoms with Gasteiger partial charge in [-0.3, -0.25) is 9.69 Å². The molecular weight excluding hydrogens is 294 g/mol. The second-order valence-corrected chi connectivity index (χ2v) is 7.09. The van der Waals surface area contributed by atoms with Crippen LogP contribution in [0.2, 0.25) is 0 Å². The molecule has 0 aromatic carbocycles. The third-order valence-corrected chi connectivity index (χ3v) is 5.93. The minimum Gasteiger partial charge on any atom is -0.486 e. The molecule has 6 rings (SSSR count). The van der Waals surface area contributed by atoms with Gasteiger partial charge in [0.05, 0.1) is 12.2 Å². The second kappa shape index (κ2) is 4.84. The standard InChI is InChI=1S/C17H21N3O3/c21-16(12-9-13-14(10-18-12)23-8-7-22-13)19-15-11-1-5-20(6-2-11)17(15)3-4-17/h9-11,15H,1-8H2,(H,19,21). The number of ether oxygens (including phenoxy) is 2. The van der Waals surface area contributed by atoms with Gasteiger partial charge in [0.2, 0.25) is 0 Å². The van der Waals surface area contributed by atoms with Crippen molar-refractivity contribution in [2.75, 3.05) is 26.3 Å². The maximum atomic E-state index is 12.7. The molecule has 122 valence electrons. The quantitative estimate of drug-likeness (QED) is 0.889. The molecule has 5 heterocycles. The molecule has 1 aromatic heterocycles. The topological polar surface area (TPSA) is 63.7 Å². The van der Waals surface area contributed by atoms with Crippen molar-refractivity contribution in [2.45, 2.75) is 37.3 Å². The average molecular weight is 315 g/mol. The molecule has 1 spiro atoms. The van der Waals surface area contributed by atoms with Crippen LogP contribution in [-0.4, -0.2) is 53.7 Å². The predicted molar refractivity (Wildman–Crippen MR) is 82.7 cm³/mol. The van der Waals surface area contributed by atoms with Gasteiger partial charge in [0, 0.05) is 11.6 Å². The van der Waals surface area contributed by atoms with Crippen LogP contribution in [0, 0.1) is 5.92 Å². The van der Waals surface area contributed by atoms with Crippen LogP contribution in [0.4, 0.5) is 0 Å². The molecule has 3 saturated heterocycles. The molecule has 6 nitrogen and oxygen atoms in total. The first-order chi connectivity index (χ1) is 11.3. The molecular formula is C17H21N3O3. The number of aromatic nitrogens is 1. The zero-order chi connectivity index (χ0) is 15.4. The monoisotopic (exact) mass is 315 g/mol. The summed E-state index contributed by atoms with van der Waals surface area (Å²) in [5, 5.41) is 3.29. The van der Waals surface area contributed by atoms with Crippen molar-refractivity contribution < 1.29 is 14.3 Å². The highest BCUT2D eigenvalue weighted by Gasteiger charge is 2.60. The number of fused-ring (bicyclic) bond motifs is 3. The van der Waals surface area contributed by atoms with Crippen molar-refractivity contribution >= 4 is 5.91 Å². The Morgan fingerprint density at radius 2 is 1.96 bits per heavy atom. The van der Waals surface area contributed by atoms with Crippen molar-refractivity contribution in [1.82, 2.24) is 15.2 Å². The Kier molecular flexibility index (Phi) is 2.86. The Bertz CT molecular complexity index is 650. The highest BCUT2D eigenvalue weighted by atomic mass is 16.6. The number of pyridine rings is 1. The van der Waals surface area contributed by atoms with Gasteiger partial charge in [-0.2, -0.15) is 0 Å². The molecule has 4 aliphatic heterocycles. The van der Waals surface area contributed by atoms with Gasteiger partial charge in [0.1, 0.15) is 18.9 Å². The summed E-state index contributed by atoms with van der Waals surface area (Å²) < 4.78 is 11.0. The van der Waals surface area contributed by atoms with E-state index in [9.17, 15) is 4.79 Å². The Hall–Kier alpha value is -1.82. The molecule has 5 aliphatic rings. The molecule has 2 bridgehead atoms. The maximum absolute atomic E-state index is 12.7. The number of hydrogen-bond acceptors (Lipinski definition) is 5. The van der Waals surface area contributed by atoms with Crippen LogP contribution in [0.25, 0.3) is 0 Å². The lowest BCUT2D eigenvalue weighted by atomic mass is 9.77. The van der Waals surface area contributed by atoms with E-state index >= 15 is 0 Å². The van der Waals surface area contributed by atoms with Crippen LogP contribution in [-0.2, 0) is 0 Å². The average Bonchev–Trinajstić information content (AvgIpc) is 3.39. The summed E-state index contributed by atoms with van der Waals surface area (Å²) >= 11 is 0. The molecule has 23 heavy (non-hydrogen) atoms. The van der Waals surface area contributed by atoms with Crippen molar-refractivity contribution in [3.05, 3.63) is 18.0 Å². The van der Waals surface area contributed by atoms with Crippen molar-refractivity contribution in [1.29, 1.82) is 0 Å². The number of nitrogens with one attached hydrogen (secondary N) is 1. The normalized spacial score (nSPS) is 32.6. The van der Waals surface area contributed by atoms with Gasteiger partial charge in [-0.25, -0.2) is 4.98 Å². The summed E-state index contributed by atoms with van der Waals surface area (Å²) in [4.78, 5) is 19.6. The van der Waals surface area contributed by atoms with Crippen LogP contribution in [0.3, 0.4) is 0 Å². The SMILES string of the molecule is O=C(NC1C2CCN(CC2)C12CC2)c1cc2c(cn1)OCCO2. The predicted octanol–water partition coefficient (Wildman–Crippen LogP) is 1.21. The maximum Gasteiger partial charge on any atom is 0.270 e. The molecule has 1 atom stereocenters. The fourth-order valence-corrected chi connectivity index (χ4v) is 4.61. The van der Waals surface area contributed by atoms with Gasteiger partial charge in [-0.05, 0) is 44.7 Å². The molecule has 1 aliphatic carbocycles. The molecule has 1 amide bonds. The first-order valence-corrected chi connectivity index (χ1v) is 8.58. The van der Waals surface area contributed by atoms with Gasteiger partial charge in [0.15, 0.2) is 11.5 Å². The lowest BCUT2D eigenvalue weighted by Gasteiger charge is -2.52. The largest absolute Gasteiger partial charge is 0.486 e. The Labute approximate surface area is 135 Å². The smallest absolute Gasteiger partial charge is 0.270 e. The summed E-state index contributed by atoms with van der Waals surface area (Å²) in [6, 6.07) is 1.97. The van der Waals surface area contributed by atoms with Crippen LogP contribution >= 0.6 is 0 Å². The fraction of sp³-hybridized carbons (Fsp3) is 0.647. The number of piperidine rings is 3. The van der Waals surface area contributed by atoms with Crippen molar-refractivity contribution in [3.8, 4) is 11.5 Å². The Balaban J connectivity index is 1.37. The van der Waals surface area contributed by atoms with E-state index in [1.165, 1.54) is 38.8 Å². The molecule has 4 fully saturated rings. The molecule has 0 radical (unpaired) electrons. The van der Waals surface area contributed by atoms with Gasteiger partial charge >= 0.3 is 0 Å². The number of carbonyl (C=O) groups is 1. The van der Waals surface area contributed by atoms with E-state index in [1.807, 2.05) is 0 Å². The third kappa shape index (κ3) is 2.04. The van der Waals surface area contributed by atoms with Crippen LogP contribution < -0.4 is 14.8 Å². The first kappa shape index (κ1) is 13.6. The molecule has 1 aromatic rings. The number of carbonyl (C=O) groups excluding carboxylic acids is 1. The minimum absolute atomic E-state index is 0.0907.